The smallest absolute Gasteiger partial charge is 0.0417 e. The molecule has 0 aromatic rings. The maximum atomic E-state index is 4.95. The zero-order chi connectivity index (χ0) is 3.58. The summed E-state index contributed by atoms with van der Waals surface area (Å²) in [5.74, 6) is -0.0278. The van der Waals surface area contributed by atoms with E-state index in [4.69, 9.17) is 11.5 Å². The number of hydrogen-bond donors (Lipinski definition) is 2. The van der Waals surface area contributed by atoms with Gasteiger partial charge >= 0.3 is 0 Å². The van der Waals surface area contributed by atoms with Crippen molar-refractivity contribution in [3.8, 4) is 0 Å². The summed E-state index contributed by atoms with van der Waals surface area (Å²) < 4.78 is 0. The highest BCUT2D eigenvalue weighted by Crippen LogP contribution is 1.27. The largest absolute Gasteiger partial charge is 0.320 e. The van der Waals surface area contributed by atoms with E-state index in [0.717, 1.165) is 10.2 Å². The fourth-order valence-corrected chi connectivity index (χ4v) is 0. The second-order valence-corrected chi connectivity index (χ2v) is 2.19. The molecule has 0 radical (unpaired) electrons. The number of rotatable bonds is 0. The van der Waals surface area contributed by atoms with Crippen LogP contribution in [0.15, 0.2) is 0 Å². The van der Waals surface area contributed by atoms with Crippen LogP contribution in [0.25, 0.3) is 0 Å². The molecule has 0 aliphatic heterocycles. The van der Waals surface area contributed by atoms with Crippen LogP contribution in [0.2, 0.25) is 0 Å². The van der Waals surface area contributed by atoms with Gasteiger partial charge in [-0.1, -0.05) is 0 Å². The van der Waals surface area contributed by atoms with Crippen molar-refractivity contribution in [3.05, 3.63) is 0 Å². The van der Waals surface area contributed by atoms with E-state index >= 15 is 0 Å². The van der Waals surface area contributed by atoms with E-state index in [0.29, 0.717) is 0 Å². The fraction of sp³-hybridized carbons (Fsp3) is 1.00. The molecule has 4 N–H and O–H groups in total. The van der Waals surface area contributed by atoms with E-state index < -0.39 is 0 Å². The molecule has 0 aliphatic carbocycles. The van der Waals surface area contributed by atoms with Crippen molar-refractivity contribution in [2.24, 2.45) is 11.5 Å². The number of nitrogens with two attached hydrogens (primary N) is 2. The van der Waals surface area contributed by atoms with Crippen molar-refractivity contribution in [1.82, 2.24) is 0 Å². The van der Waals surface area contributed by atoms with E-state index in [-0.39, 0.29) is 5.79 Å². The maximum Gasteiger partial charge on any atom is 0.0417 e. The molecule has 0 aromatic heterocycles. The lowest BCUT2D eigenvalue weighted by Crippen LogP contribution is -2.29. The van der Waals surface area contributed by atoms with Crippen molar-refractivity contribution in [1.29, 1.82) is 0 Å². The summed E-state index contributed by atoms with van der Waals surface area (Å²) >= 11 is 0. The number of hydrogen-bond acceptors (Lipinski definition) is 2. The summed E-state index contributed by atoms with van der Waals surface area (Å²) in [5, 5.41) is 0. The van der Waals surface area contributed by atoms with Gasteiger partial charge in [-0.25, -0.2) is 0 Å². The van der Waals surface area contributed by atoms with E-state index in [9.17, 15) is 0 Å². The van der Waals surface area contributed by atoms with Crippen LogP contribution in [0.3, 0.4) is 0 Å². The quantitative estimate of drug-likeness (QED) is 0.249. The zero-order valence-corrected chi connectivity index (χ0v) is 4.73. The molecule has 26 valence electrons. The van der Waals surface area contributed by atoms with Gasteiger partial charge in [0.2, 0.25) is 0 Å². The molecule has 0 rings (SSSR count). The van der Waals surface area contributed by atoms with Gasteiger partial charge in [-0.15, -0.1) is 0 Å². The summed E-state index contributed by atoms with van der Waals surface area (Å²) in [6, 6.07) is 0. The second-order valence-electron chi connectivity index (χ2n) is 0.859. The predicted molar refractivity (Wildman–Crippen MR) is 22.1 cm³/mol. The molecule has 3 heteroatoms. The highest BCUT2D eigenvalue weighted by Gasteiger charge is 1.66. The minimum atomic E-state index is -0.0278. The molecule has 0 aromatic carbocycles. The third-order valence-electron chi connectivity index (χ3n) is 0. The van der Waals surface area contributed by atoms with Crippen LogP contribution in [-0.2, 0) is 0 Å². The molecule has 0 saturated heterocycles. The predicted octanol–water partition coefficient (Wildman–Crippen LogP) is -2.45. The third kappa shape index (κ3) is 147. The molecule has 0 atom stereocenters. The van der Waals surface area contributed by atoms with Crippen molar-refractivity contribution < 1.29 is 0 Å². The molecule has 0 unspecified atom stereocenters. The van der Waals surface area contributed by atoms with Gasteiger partial charge in [-0.3, -0.25) is 0 Å². The minimum Gasteiger partial charge on any atom is -0.320 e. The average molecular weight is 76.2 g/mol. The van der Waals surface area contributed by atoms with Gasteiger partial charge in [0, 0.05) is 16.0 Å². The van der Waals surface area contributed by atoms with Gasteiger partial charge in [-0.05, 0) is 0 Å². The SMILES string of the molecule is NC(N)[SiH3]. The first-order chi connectivity index (χ1) is 1.73. The van der Waals surface area contributed by atoms with Gasteiger partial charge in [-0.2, -0.15) is 0 Å². The van der Waals surface area contributed by atoms with Crippen molar-refractivity contribution >= 4 is 10.2 Å². The normalized spacial score (nSPS) is 9.75. The van der Waals surface area contributed by atoms with Gasteiger partial charge in [0.25, 0.3) is 0 Å². The second kappa shape index (κ2) is 1.46. The van der Waals surface area contributed by atoms with Crippen LogP contribution in [0.5, 0.6) is 0 Å². The Kier molecular flexibility index (Phi) is 1.51. The summed E-state index contributed by atoms with van der Waals surface area (Å²) in [6.07, 6.45) is 0. The van der Waals surface area contributed by atoms with E-state index in [1.807, 2.05) is 0 Å². The van der Waals surface area contributed by atoms with Crippen LogP contribution in [-0.4, -0.2) is 16.0 Å². The standard InChI is InChI=1S/CH8N2Si/c2-1(3)4/h1H,2-3H2,4H3. The molecule has 0 amide bonds. The monoisotopic (exact) mass is 76.0 g/mol. The Labute approximate surface area is 28.6 Å². The molecular formula is CH8N2Si. The first-order valence-corrected chi connectivity index (χ1v) is 2.40. The maximum absolute atomic E-state index is 4.95. The van der Waals surface area contributed by atoms with Crippen molar-refractivity contribution in [2.45, 2.75) is 5.79 Å². The molecule has 0 fully saturated rings. The Balaban J connectivity index is 2.32. The highest BCUT2D eigenvalue weighted by molar-refractivity contribution is 6.10. The topological polar surface area (TPSA) is 52.0 Å². The highest BCUT2D eigenvalue weighted by atomic mass is 28.1. The molecule has 0 bridgehead atoms. The van der Waals surface area contributed by atoms with Crippen molar-refractivity contribution in [3.63, 3.8) is 0 Å². The average Bonchev–Trinajstić information content (AvgIpc) is 0.811. The third-order valence-corrected chi connectivity index (χ3v) is 0. The van der Waals surface area contributed by atoms with E-state index in [1.165, 1.54) is 0 Å². The van der Waals surface area contributed by atoms with Crippen LogP contribution < -0.4 is 11.5 Å². The fourth-order valence-electron chi connectivity index (χ4n) is 0. The Hall–Kier alpha value is 0.137. The summed E-state index contributed by atoms with van der Waals surface area (Å²) in [4.78, 5) is 0. The zero-order valence-electron chi connectivity index (χ0n) is 2.73. The van der Waals surface area contributed by atoms with Gasteiger partial charge in [0.05, 0.1) is 0 Å². The Morgan fingerprint density at radius 3 is 1.50 bits per heavy atom. The summed E-state index contributed by atoms with van der Waals surface area (Å²) in [5.41, 5.74) is 9.90. The molecule has 0 saturated carbocycles. The summed E-state index contributed by atoms with van der Waals surface area (Å²) in [6.45, 7) is 0. The molecule has 2 nitrogen and oxygen atoms in total. The first kappa shape index (κ1) is 4.14. The van der Waals surface area contributed by atoms with Crippen LogP contribution in [0.1, 0.15) is 0 Å². The molecule has 0 aliphatic rings. The lowest BCUT2D eigenvalue weighted by Gasteiger charge is -1.83. The molecule has 4 heavy (non-hydrogen) atoms. The minimum absolute atomic E-state index is 0.0278. The Morgan fingerprint density at radius 1 is 1.50 bits per heavy atom. The lowest BCUT2D eigenvalue weighted by molar-refractivity contribution is 0.973. The van der Waals surface area contributed by atoms with Crippen LogP contribution >= 0.6 is 0 Å². The van der Waals surface area contributed by atoms with E-state index in [1.54, 1.807) is 0 Å². The Morgan fingerprint density at radius 2 is 1.50 bits per heavy atom. The van der Waals surface area contributed by atoms with Gasteiger partial charge < -0.3 is 11.5 Å². The molecular weight excluding hydrogens is 68.1 g/mol. The van der Waals surface area contributed by atoms with E-state index in [2.05, 4.69) is 0 Å². The summed E-state index contributed by atoms with van der Waals surface area (Å²) in [7, 11) is 0.904. The van der Waals surface area contributed by atoms with Gasteiger partial charge in [0.15, 0.2) is 0 Å². The van der Waals surface area contributed by atoms with Crippen molar-refractivity contribution in [2.75, 3.05) is 0 Å². The molecule has 0 spiro atoms. The lowest BCUT2D eigenvalue weighted by atomic mass is 11.2. The first-order valence-electron chi connectivity index (χ1n) is 1.24. The van der Waals surface area contributed by atoms with Crippen LogP contribution in [0.4, 0.5) is 0 Å². The van der Waals surface area contributed by atoms with Gasteiger partial charge in [0.1, 0.15) is 0 Å². The Bertz CT molecular complexity index is 10.8. The van der Waals surface area contributed by atoms with Crippen LogP contribution in [0, 0.1) is 0 Å². The molecule has 0 heterocycles.